The lowest BCUT2D eigenvalue weighted by atomic mass is 9.77. The normalized spacial score (nSPS) is 15.8. The highest BCUT2D eigenvalue weighted by molar-refractivity contribution is 6.61. The lowest BCUT2D eigenvalue weighted by Gasteiger charge is -2.27. The largest absolute Gasteiger partial charge is 0.573 e. The standard InChI is InChI=1S/C20H30BF3O4/c1-2-3-4-5-6-7-8-13-25-14-17-15-26-21(27-16-17)18-9-11-19(12-10-18)28-20(22,23)24/h9-12,17H,2-8,13-16H2,1H3. The molecule has 0 unspecified atom stereocenters. The molecule has 0 radical (unpaired) electrons. The van der Waals surface area contributed by atoms with E-state index in [2.05, 4.69) is 11.7 Å². The molecule has 0 amide bonds. The van der Waals surface area contributed by atoms with Crippen molar-refractivity contribution in [2.24, 2.45) is 5.92 Å². The van der Waals surface area contributed by atoms with Gasteiger partial charge in [-0.05, 0) is 24.0 Å². The van der Waals surface area contributed by atoms with E-state index in [9.17, 15) is 13.2 Å². The summed E-state index contributed by atoms with van der Waals surface area (Å²) >= 11 is 0. The van der Waals surface area contributed by atoms with Crippen LogP contribution in [0.2, 0.25) is 0 Å². The Labute approximate surface area is 165 Å². The van der Waals surface area contributed by atoms with E-state index in [4.69, 9.17) is 14.0 Å². The van der Waals surface area contributed by atoms with Crippen LogP contribution in [0.5, 0.6) is 5.75 Å². The van der Waals surface area contributed by atoms with E-state index in [1.165, 1.54) is 62.8 Å². The molecule has 0 saturated carbocycles. The molecule has 0 aromatic heterocycles. The van der Waals surface area contributed by atoms with Gasteiger partial charge in [0.25, 0.3) is 0 Å². The highest BCUT2D eigenvalue weighted by atomic mass is 19.4. The third-order valence-electron chi connectivity index (χ3n) is 4.60. The Hall–Kier alpha value is -1.25. The van der Waals surface area contributed by atoms with E-state index in [1.807, 2.05) is 0 Å². The van der Waals surface area contributed by atoms with E-state index in [1.54, 1.807) is 0 Å². The third-order valence-corrected chi connectivity index (χ3v) is 4.60. The Morgan fingerprint density at radius 1 is 0.964 bits per heavy atom. The summed E-state index contributed by atoms with van der Waals surface area (Å²) in [6, 6.07) is 5.55. The van der Waals surface area contributed by atoms with Crippen LogP contribution < -0.4 is 10.2 Å². The first-order valence-corrected chi connectivity index (χ1v) is 10.1. The highest BCUT2D eigenvalue weighted by Crippen LogP contribution is 2.21. The van der Waals surface area contributed by atoms with Crippen LogP contribution in [0.3, 0.4) is 0 Å². The molecule has 1 aromatic carbocycles. The number of ether oxygens (including phenoxy) is 2. The van der Waals surface area contributed by atoms with Gasteiger partial charge in [0.05, 0.1) is 6.61 Å². The van der Waals surface area contributed by atoms with Gasteiger partial charge in [-0.2, -0.15) is 0 Å². The molecule has 0 aliphatic carbocycles. The highest BCUT2D eigenvalue weighted by Gasteiger charge is 2.32. The maximum atomic E-state index is 12.2. The Balaban J connectivity index is 1.56. The first-order chi connectivity index (χ1) is 13.5. The van der Waals surface area contributed by atoms with Crippen LogP contribution in [0.1, 0.15) is 51.9 Å². The smallest absolute Gasteiger partial charge is 0.407 e. The van der Waals surface area contributed by atoms with Crippen LogP contribution in [-0.4, -0.2) is 39.9 Å². The molecule has 4 nitrogen and oxygen atoms in total. The summed E-state index contributed by atoms with van der Waals surface area (Å²) in [6.45, 7) is 4.58. The maximum absolute atomic E-state index is 12.2. The first kappa shape index (κ1) is 23.0. The van der Waals surface area contributed by atoms with Crippen molar-refractivity contribution in [2.75, 3.05) is 26.4 Å². The number of unbranched alkanes of at least 4 members (excludes halogenated alkanes) is 6. The van der Waals surface area contributed by atoms with Gasteiger partial charge in [-0.1, -0.05) is 57.6 Å². The van der Waals surface area contributed by atoms with Gasteiger partial charge in [0.2, 0.25) is 0 Å². The van der Waals surface area contributed by atoms with Crippen molar-refractivity contribution < 1.29 is 32.0 Å². The van der Waals surface area contributed by atoms with Crippen LogP contribution in [0.4, 0.5) is 13.2 Å². The molecule has 0 N–H and O–H groups in total. The molecule has 28 heavy (non-hydrogen) atoms. The summed E-state index contributed by atoms with van der Waals surface area (Å²) in [5.41, 5.74) is 0.664. The summed E-state index contributed by atoms with van der Waals surface area (Å²) in [7, 11) is -0.570. The van der Waals surface area contributed by atoms with E-state index in [0.29, 0.717) is 25.3 Å². The lowest BCUT2D eigenvalue weighted by Crippen LogP contribution is -2.45. The maximum Gasteiger partial charge on any atom is 0.573 e. The summed E-state index contributed by atoms with van der Waals surface area (Å²) in [5.74, 6) is -0.0858. The molecule has 2 rings (SSSR count). The second kappa shape index (κ2) is 12.3. The summed E-state index contributed by atoms with van der Waals surface area (Å²) in [6.07, 6.45) is 4.09. The number of hydrogen-bond acceptors (Lipinski definition) is 4. The number of hydrogen-bond donors (Lipinski definition) is 0. The van der Waals surface area contributed by atoms with Crippen LogP contribution in [0.15, 0.2) is 24.3 Å². The molecule has 0 bridgehead atoms. The molecule has 1 fully saturated rings. The fourth-order valence-corrected chi connectivity index (χ4v) is 3.07. The average Bonchev–Trinajstić information content (AvgIpc) is 2.67. The van der Waals surface area contributed by atoms with Crippen LogP contribution in [0, 0.1) is 5.92 Å². The van der Waals surface area contributed by atoms with Gasteiger partial charge in [0.1, 0.15) is 5.75 Å². The minimum absolute atomic E-state index is 0.175. The molecule has 1 aliphatic heterocycles. The van der Waals surface area contributed by atoms with Crippen LogP contribution in [-0.2, 0) is 14.0 Å². The molecule has 1 heterocycles. The Morgan fingerprint density at radius 2 is 1.57 bits per heavy atom. The zero-order chi connectivity index (χ0) is 20.2. The second-order valence-corrected chi connectivity index (χ2v) is 7.18. The number of benzene rings is 1. The molecule has 1 saturated heterocycles. The van der Waals surface area contributed by atoms with Crippen molar-refractivity contribution in [3.63, 3.8) is 0 Å². The van der Waals surface area contributed by atoms with Crippen molar-refractivity contribution in [1.82, 2.24) is 0 Å². The Kier molecular flexibility index (Phi) is 10.2. The number of rotatable bonds is 12. The predicted octanol–water partition coefficient (Wildman–Crippen LogP) is 4.71. The summed E-state index contributed by atoms with van der Waals surface area (Å²) < 4.78 is 57.5. The van der Waals surface area contributed by atoms with Crippen molar-refractivity contribution in [3.05, 3.63) is 24.3 Å². The van der Waals surface area contributed by atoms with Crippen molar-refractivity contribution in [2.45, 2.75) is 58.2 Å². The topological polar surface area (TPSA) is 36.9 Å². The minimum atomic E-state index is -4.69. The van der Waals surface area contributed by atoms with E-state index < -0.39 is 13.5 Å². The van der Waals surface area contributed by atoms with E-state index >= 15 is 0 Å². The Morgan fingerprint density at radius 3 is 2.18 bits per heavy atom. The fourth-order valence-electron chi connectivity index (χ4n) is 3.07. The van der Waals surface area contributed by atoms with Crippen molar-refractivity contribution in [3.8, 4) is 5.75 Å². The molecule has 8 heteroatoms. The van der Waals surface area contributed by atoms with Gasteiger partial charge in [-0.15, -0.1) is 13.2 Å². The molecular formula is C20H30BF3O4. The summed E-state index contributed by atoms with van der Waals surface area (Å²) in [4.78, 5) is 0. The van der Waals surface area contributed by atoms with Gasteiger partial charge >= 0.3 is 13.5 Å². The minimum Gasteiger partial charge on any atom is -0.407 e. The van der Waals surface area contributed by atoms with Gasteiger partial charge in [-0.25, -0.2) is 0 Å². The van der Waals surface area contributed by atoms with Crippen molar-refractivity contribution in [1.29, 1.82) is 0 Å². The second-order valence-electron chi connectivity index (χ2n) is 7.18. The molecule has 0 atom stereocenters. The van der Waals surface area contributed by atoms with Gasteiger partial charge < -0.3 is 18.8 Å². The quantitative estimate of drug-likeness (QED) is 0.375. The van der Waals surface area contributed by atoms with E-state index in [-0.39, 0.29) is 11.7 Å². The van der Waals surface area contributed by atoms with E-state index in [0.717, 1.165) is 13.0 Å². The molecule has 0 spiro atoms. The predicted molar refractivity (Wildman–Crippen MR) is 103 cm³/mol. The van der Waals surface area contributed by atoms with Crippen molar-refractivity contribution >= 4 is 12.6 Å². The monoisotopic (exact) mass is 402 g/mol. The SMILES string of the molecule is CCCCCCCCCOCC1COB(c2ccc(OC(F)(F)F)cc2)OC1. The fraction of sp³-hybridized carbons (Fsp3) is 0.700. The van der Waals surface area contributed by atoms with Gasteiger partial charge in [-0.3, -0.25) is 0 Å². The zero-order valence-electron chi connectivity index (χ0n) is 16.5. The van der Waals surface area contributed by atoms with Crippen LogP contribution in [0.25, 0.3) is 0 Å². The Bertz CT molecular complexity index is 531. The van der Waals surface area contributed by atoms with Crippen LogP contribution >= 0.6 is 0 Å². The molecule has 1 aromatic rings. The molecule has 1 aliphatic rings. The zero-order valence-corrected chi connectivity index (χ0v) is 16.5. The van der Waals surface area contributed by atoms with Gasteiger partial charge in [0, 0.05) is 25.7 Å². The summed E-state index contributed by atoms with van der Waals surface area (Å²) in [5, 5.41) is 0. The molecule has 158 valence electrons. The third kappa shape index (κ3) is 9.30. The van der Waals surface area contributed by atoms with Gasteiger partial charge in [0.15, 0.2) is 0 Å². The number of alkyl halides is 3. The number of halogens is 3. The first-order valence-electron chi connectivity index (χ1n) is 10.1. The molecular weight excluding hydrogens is 372 g/mol. The lowest BCUT2D eigenvalue weighted by molar-refractivity contribution is -0.274. The average molecular weight is 402 g/mol.